The average Bonchev–Trinajstić information content (AvgIpc) is 2.69. The first-order valence-electron chi connectivity index (χ1n) is 6.48. The van der Waals surface area contributed by atoms with Gasteiger partial charge in [-0.1, -0.05) is 11.6 Å². The molecule has 0 saturated carbocycles. The molecule has 1 aliphatic rings. The molecule has 19 heavy (non-hydrogen) atoms. The van der Waals surface area contributed by atoms with E-state index in [2.05, 4.69) is 32.6 Å². The van der Waals surface area contributed by atoms with Gasteiger partial charge >= 0.3 is 0 Å². The van der Waals surface area contributed by atoms with Crippen molar-refractivity contribution >= 4 is 17.3 Å². The Labute approximate surface area is 117 Å². The van der Waals surface area contributed by atoms with Gasteiger partial charge in [0.15, 0.2) is 5.82 Å². The molecule has 0 atom stereocenters. The molecule has 0 bridgehead atoms. The summed E-state index contributed by atoms with van der Waals surface area (Å²) < 4.78 is 1.72. The Hall–Kier alpha value is -1.62. The van der Waals surface area contributed by atoms with Crippen LogP contribution in [0.1, 0.15) is 24.2 Å². The zero-order valence-electron chi connectivity index (χ0n) is 10.9. The average molecular weight is 278 g/mol. The summed E-state index contributed by atoms with van der Waals surface area (Å²) in [6.45, 7) is 1.76. The lowest BCUT2D eigenvalue weighted by molar-refractivity contribution is 0.645. The molecule has 0 N–H and O–H groups in total. The molecule has 1 aliphatic heterocycles. The lowest BCUT2D eigenvalue weighted by Gasteiger charge is -2.24. The Morgan fingerprint density at radius 1 is 1.32 bits per heavy atom. The van der Waals surface area contributed by atoms with Crippen molar-refractivity contribution in [2.24, 2.45) is 7.05 Å². The first-order valence-corrected chi connectivity index (χ1v) is 6.86. The quantitative estimate of drug-likeness (QED) is 0.844. The fourth-order valence-corrected chi connectivity index (χ4v) is 2.71. The van der Waals surface area contributed by atoms with Gasteiger partial charge in [-0.25, -0.2) is 4.68 Å². The van der Waals surface area contributed by atoms with Gasteiger partial charge in [-0.05, 0) is 53.5 Å². The third kappa shape index (κ3) is 2.56. The number of fused-ring (bicyclic) bond motifs is 1. The Balaban J connectivity index is 1.92. The molecule has 3 rings (SSSR count). The van der Waals surface area contributed by atoms with Crippen LogP contribution in [-0.4, -0.2) is 26.8 Å². The molecule has 1 aromatic heterocycles. The lowest BCUT2D eigenvalue weighted by Crippen LogP contribution is -2.25. The van der Waals surface area contributed by atoms with Crippen LogP contribution in [0.15, 0.2) is 18.2 Å². The van der Waals surface area contributed by atoms with Crippen molar-refractivity contribution in [1.29, 1.82) is 0 Å². The first kappa shape index (κ1) is 12.4. The van der Waals surface area contributed by atoms with E-state index in [1.807, 2.05) is 13.1 Å². The maximum Gasteiger partial charge on any atom is 0.170 e. The van der Waals surface area contributed by atoms with Crippen molar-refractivity contribution in [2.45, 2.75) is 25.8 Å². The summed E-state index contributed by atoms with van der Waals surface area (Å²) in [5.41, 5.74) is 2.57. The fourth-order valence-electron chi connectivity index (χ4n) is 2.52. The molecule has 0 fully saturated rings. The normalized spacial score (nSPS) is 15.2. The molecule has 2 heterocycles. The Bertz CT molecular complexity index is 580. The summed E-state index contributed by atoms with van der Waals surface area (Å²) in [5, 5.41) is 12.5. The molecule has 6 heteroatoms. The number of anilines is 1. The molecule has 100 valence electrons. The minimum absolute atomic E-state index is 0.734. The second-order valence-corrected chi connectivity index (χ2v) is 5.31. The smallest absolute Gasteiger partial charge is 0.170 e. The minimum Gasteiger partial charge on any atom is -0.364 e. The largest absolute Gasteiger partial charge is 0.364 e. The highest BCUT2D eigenvalue weighted by atomic mass is 35.5. The van der Waals surface area contributed by atoms with Gasteiger partial charge in [0.25, 0.3) is 0 Å². The third-order valence-electron chi connectivity index (χ3n) is 3.55. The van der Waals surface area contributed by atoms with Crippen LogP contribution in [0, 0.1) is 0 Å². The van der Waals surface area contributed by atoms with E-state index < -0.39 is 0 Å². The number of aromatic nitrogens is 4. The fraction of sp³-hybridized carbons (Fsp3) is 0.462. The minimum atomic E-state index is 0.734. The first-order chi connectivity index (χ1) is 9.24. The maximum atomic E-state index is 6.09. The molecule has 2 aromatic rings. The monoisotopic (exact) mass is 277 g/mol. The summed E-state index contributed by atoms with van der Waals surface area (Å²) in [5.74, 6) is 0.878. The van der Waals surface area contributed by atoms with Gasteiger partial charge in [0.05, 0.1) is 6.54 Å². The summed E-state index contributed by atoms with van der Waals surface area (Å²) >= 11 is 6.09. The number of hydrogen-bond donors (Lipinski definition) is 0. The molecule has 1 aromatic carbocycles. The van der Waals surface area contributed by atoms with Crippen molar-refractivity contribution in [3.63, 3.8) is 0 Å². The van der Waals surface area contributed by atoms with Crippen molar-refractivity contribution in [3.8, 4) is 0 Å². The molecule has 0 unspecified atom stereocenters. The van der Waals surface area contributed by atoms with Crippen LogP contribution in [0.25, 0.3) is 0 Å². The van der Waals surface area contributed by atoms with Gasteiger partial charge in [0, 0.05) is 24.3 Å². The van der Waals surface area contributed by atoms with Crippen LogP contribution in [0.3, 0.4) is 0 Å². The van der Waals surface area contributed by atoms with Crippen LogP contribution < -0.4 is 4.90 Å². The van der Waals surface area contributed by atoms with Crippen LogP contribution >= 0.6 is 11.6 Å². The predicted octanol–water partition coefficient (Wildman–Crippen LogP) is 2.21. The van der Waals surface area contributed by atoms with E-state index in [0.29, 0.717) is 0 Å². The summed E-state index contributed by atoms with van der Waals surface area (Å²) in [6.07, 6.45) is 3.46. The second-order valence-electron chi connectivity index (χ2n) is 4.87. The number of hydrogen-bond acceptors (Lipinski definition) is 4. The molecule has 0 radical (unpaired) electrons. The zero-order valence-corrected chi connectivity index (χ0v) is 11.6. The van der Waals surface area contributed by atoms with E-state index in [9.17, 15) is 0 Å². The third-order valence-corrected chi connectivity index (χ3v) is 3.78. The molecule has 5 nitrogen and oxygen atoms in total. The van der Waals surface area contributed by atoms with Gasteiger partial charge in [0.1, 0.15) is 0 Å². The highest BCUT2D eigenvalue weighted by molar-refractivity contribution is 6.30. The predicted molar refractivity (Wildman–Crippen MR) is 74.2 cm³/mol. The lowest BCUT2D eigenvalue weighted by atomic mass is 10.1. The Kier molecular flexibility index (Phi) is 3.38. The zero-order chi connectivity index (χ0) is 13.2. The van der Waals surface area contributed by atoms with Gasteiger partial charge < -0.3 is 4.90 Å². The highest BCUT2D eigenvalue weighted by Crippen LogP contribution is 2.29. The highest BCUT2D eigenvalue weighted by Gasteiger charge is 2.17. The van der Waals surface area contributed by atoms with Crippen LogP contribution in [0.2, 0.25) is 5.02 Å². The van der Waals surface area contributed by atoms with Gasteiger partial charge in [0.2, 0.25) is 0 Å². The van der Waals surface area contributed by atoms with E-state index in [-0.39, 0.29) is 0 Å². The number of halogens is 1. The number of rotatable bonds is 2. The van der Waals surface area contributed by atoms with Crippen LogP contribution in [-0.2, 0) is 20.0 Å². The van der Waals surface area contributed by atoms with Crippen molar-refractivity contribution in [1.82, 2.24) is 20.2 Å². The van der Waals surface area contributed by atoms with E-state index in [1.54, 1.807) is 4.68 Å². The molecule has 0 spiro atoms. The molecule has 0 amide bonds. The second kappa shape index (κ2) is 5.17. The van der Waals surface area contributed by atoms with Gasteiger partial charge in [-0.2, -0.15) is 0 Å². The summed E-state index contributed by atoms with van der Waals surface area (Å²) in [4.78, 5) is 2.34. The summed E-state index contributed by atoms with van der Waals surface area (Å²) in [6, 6.07) is 6.13. The van der Waals surface area contributed by atoms with Crippen LogP contribution in [0.5, 0.6) is 0 Å². The number of aryl methyl sites for hydroxylation is 2. The Morgan fingerprint density at radius 2 is 2.21 bits per heavy atom. The molecule has 0 aliphatic carbocycles. The van der Waals surface area contributed by atoms with Crippen LogP contribution in [0.4, 0.5) is 5.69 Å². The summed E-state index contributed by atoms with van der Waals surface area (Å²) in [7, 11) is 1.87. The maximum absolute atomic E-state index is 6.09. The van der Waals surface area contributed by atoms with E-state index >= 15 is 0 Å². The van der Waals surface area contributed by atoms with Crippen molar-refractivity contribution in [2.75, 3.05) is 11.4 Å². The van der Waals surface area contributed by atoms with Crippen molar-refractivity contribution < 1.29 is 0 Å². The number of tetrazole rings is 1. The molecule has 0 saturated heterocycles. The Morgan fingerprint density at radius 3 is 3.00 bits per heavy atom. The molecular formula is C13H16ClN5. The van der Waals surface area contributed by atoms with Crippen molar-refractivity contribution in [3.05, 3.63) is 34.6 Å². The molecular weight excluding hydrogens is 262 g/mol. The standard InChI is InChI=1S/C13H16ClN5/c1-18-13(15-16-17-18)9-19-7-3-2-4-10-8-11(14)5-6-12(10)19/h5-6,8H,2-4,7,9H2,1H3. The topological polar surface area (TPSA) is 46.8 Å². The van der Waals surface area contributed by atoms with E-state index in [1.165, 1.54) is 24.1 Å². The SMILES string of the molecule is Cn1nnnc1CN1CCCCc2cc(Cl)ccc21. The number of nitrogens with zero attached hydrogens (tertiary/aromatic N) is 5. The van der Waals surface area contributed by atoms with E-state index in [0.717, 1.165) is 30.4 Å². The number of benzene rings is 1. The van der Waals surface area contributed by atoms with Gasteiger partial charge in [-0.3, -0.25) is 0 Å². The van der Waals surface area contributed by atoms with E-state index in [4.69, 9.17) is 11.6 Å². The van der Waals surface area contributed by atoms with Gasteiger partial charge in [-0.15, -0.1) is 5.10 Å².